The molecule has 0 aliphatic rings. The van der Waals surface area contributed by atoms with Gasteiger partial charge in [-0.05, 0) is 36.8 Å². The van der Waals surface area contributed by atoms with Crippen LogP contribution in [0.2, 0.25) is 5.02 Å². The Kier molecular flexibility index (Phi) is 6.36. The highest BCUT2D eigenvalue weighted by Gasteiger charge is 2.09. The summed E-state index contributed by atoms with van der Waals surface area (Å²) in [5.41, 5.74) is 2.49. The van der Waals surface area contributed by atoms with Crippen LogP contribution in [0.4, 0.5) is 0 Å². The fourth-order valence-corrected chi connectivity index (χ4v) is 3.34. The van der Waals surface area contributed by atoms with E-state index in [-0.39, 0.29) is 5.56 Å². The molecule has 0 radical (unpaired) electrons. The average Bonchev–Trinajstić information content (AvgIpc) is 2.64. The normalized spacial score (nSPS) is 10.7. The molecule has 0 atom stereocenters. The number of nitrogens with zero attached hydrogens (tertiary/aromatic N) is 1. The number of aromatic amines is 1. The Morgan fingerprint density at radius 3 is 2.54 bits per heavy atom. The van der Waals surface area contributed by atoms with Crippen molar-refractivity contribution in [1.29, 1.82) is 0 Å². The maximum absolute atomic E-state index is 12.4. The lowest BCUT2D eigenvalue weighted by Crippen LogP contribution is -2.18. The average molecular weight is 387 g/mol. The minimum Gasteiger partial charge on any atom is -0.493 e. The van der Waals surface area contributed by atoms with E-state index in [0.29, 0.717) is 34.5 Å². The van der Waals surface area contributed by atoms with Crippen molar-refractivity contribution in [2.24, 2.45) is 0 Å². The number of hydrogen-bond acceptors (Lipinski definition) is 4. The number of nitrogens with one attached hydrogen (secondary N) is 1. The minimum absolute atomic E-state index is 0.0810. The van der Waals surface area contributed by atoms with Crippen molar-refractivity contribution in [1.82, 2.24) is 9.97 Å². The molecule has 1 heterocycles. The predicted octanol–water partition coefficient (Wildman–Crippen LogP) is 4.49. The van der Waals surface area contributed by atoms with E-state index >= 15 is 0 Å². The van der Waals surface area contributed by atoms with Crippen LogP contribution < -0.4 is 10.3 Å². The Morgan fingerprint density at radius 2 is 1.85 bits per heavy atom. The van der Waals surface area contributed by atoms with Crippen molar-refractivity contribution in [2.45, 2.75) is 18.5 Å². The molecular formula is C20H19ClN2O2S. The molecule has 0 aliphatic carbocycles. The molecule has 0 aliphatic heterocycles. The third kappa shape index (κ3) is 5.13. The third-order valence-electron chi connectivity index (χ3n) is 3.83. The maximum atomic E-state index is 12.4. The molecule has 0 saturated carbocycles. The second kappa shape index (κ2) is 8.92. The zero-order valence-electron chi connectivity index (χ0n) is 14.4. The Morgan fingerprint density at radius 1 is 1.12 bits per heavy atom. The molecule has 134 valence electrons. The number of halogens is 1. The number of aromatic nitrogens is 2. The van der Waals surface area contributed by atoms with E-state index in [1.165, 1.54) is 11.8 Å². The first-order chi connectivity index (χ1) is 12.6. The van der Waals surface area contributed by atoms with Crippen LogP contribution in [-0.4, -0.2) is 22.3 Å². The highest BCUT2D eigenvalue weighted by atomic mass is 35.5. The second-order valence-electron chi connectivity index (χ2n) is 5.75. The molecule has 0 spiro atoms. The smallest absolute Gasteiger partial charge is 0.255 e. The summed E-state index contributed by atoms with van der Waals surface area (Å²) >= 11 is 7.31. The molecule has 6 heteroatoms. The summed E-state index contributed by atoms with van der Waals surface area (Å²) < 4.78 is 5.65. The van der Waals surface area contributed by atoms with Crippen LogP contribution in [0.1, 0.15) is 16.8 Å². The van der Waals surface area contributed by atoms with Gasteiger partial charge in [0.15, 0.2) is 5.16 Å². The van der Waals surface area contributed by atoms with Crippen LogP contribution in [0.3, 0.4) is 0 Å². The van der Waals surface area contributed by atoms with E-state index in [4.69, 9.17) is 16.3 Å². The highest BCUT2D eigenvalue weighted by molar-refractivity contribution is 7.99. The summed E-state index contributed by atoms with van der Waals surface area (Å²) in [4.78, 5) is 19.8. The van der Waals surface area contributed by atoms with E-state index in [1.54, 1.807) is 12.1 Å². The lowest BCUT2D eigenvalue weighted by molar-refractivity contribution is 0.344. The molecule has 3 aromatic rings. The molecule has 0 amide bonds. The largest absolute Gasteiger partial charge is 0.493 e. The maximum Gasteiger partial charge on any atom is 0.255 e. The van der Waals surface area contributed by atoms with Crippen LogP contribution in [0.25, 0.3) is 0 Å². The van der Waals surface area contributed by atoms with Gasteiger partial charge in [0.2, 0.25) is 0 Å². The molecule has 0 saturated heterocycles. The Labute approximate surface area is 161 Å². The van der Waals surface area contributed by atoms with Crippen LogP contribution >= 0.6 is 23.4 Å². The van der Waals surface area contributed by atoms with Crippen molar-refractivity contribution in [3.8, 4) is 5.75 Å². The summed E-state index contributed by atoms with van der Waals surface area (Å²) in [7, 11) is 0. The number of ether oxygens (including phenoxy) is 1. The molecule has 0 fully saturated rings. The predicted molar refractivity (Wildman–Crippen MR) is 107 cm³/mol. The van der Waals surface area contributed by atoms with E-state index < -0.39 is 0 Å². The summed E-state index contributed by atoms with van der Waals surface area (Å²) in [6.45, 7) is 2.39. The van der Waals surface area contributed by atoms with E-state index in [1.807, 2.05) is 49.4 Å². The molecule has 2 aromatic carbocycles. The van der Waals surface area contributed by atoms with Crippen molar-refractivity contribution >= 4 is 23.4 Å². The minimum atomic E-state index is -0.0810. The summed E-state index contributed by atoms with van der Waals surface area (Å²) in [5.74, 6) is 1.45. The van der Waals surface area contributed by atoms with Crippen molar-refractivity contribution in [3.63, 3.8) is 0 Å². The van der Waals surface area contributed by atoms with Gasteiger partial charge in [-0.3, -0.25) is 4.79 Å². The van der Waals surface area contributed by atoms with Gasteiger partial charge >= 0.3 is 0 Å². The summed E-state index contributed by atoms with van der Waals surface area (Å²) in [6, 6.07) is 17.2. The Hall–Kier alpha value is -2.24. The topological polar surface area (TPSA) is 55.0 Å². The van der Waals surface area contributed by atoms with Crippen molar-refractivity contribution < 1.29 is 4.74 Å². The fraction of sp³-hybridized carbons (Fsp3) is 0.200. The van der Waals surface area contributed by atoms with Crippen LogP contribution in [0, 0.1) is 6.92 Å². The summed E-state index contributed by atoms with van der Waals surface area (Å²) in [5, 5.41) is 1.29. The molecule has 4 nitrogen and oxygen atoms in total. The van der Waals surface area contributed by atoms with E-state index in [2.05, 4.69) is 9.97 Å². The fourth-order valence-electron chi connectivity index (χ4n) is 2.49. The molecule has 1 aromatic heterocycles. The second-order valence-corrected chi connectivity index (χ2v) is 7.27. The lowest BCUT2D eigenvalue weighted by Gasteiger charge is -2.08. The summed E-state index contributed by atoms with van der Waals surface area (Å²) in [6.07, 6.45) is 0.583. The van der Waals surface area contributed by atoms with Gasteiger partial charge in [-0.1, -0.05) is 53.7 Å². The highest BCUT2D eigenvalue weighted by Crippen LogP contribution is 2.17. The van der Waals surface area contributed by atoms with E-state index in [9.17, 15) is 4.79 Å². The molecule has 26 heavy (non-hydrogen) atoms. The molecule has 3 rings (SSSR count). The third-order valence-corrected chi connectivity index (χ3v) is 4.92. The zero-order chi connectivity index (χ0) is 18.4. The monoisotopic (exact) mass is 386 g/mol. The zero-order valence-corrected chi connectivity index (χ0v) is 15.9. The molecule has 0 unspecified atom stereocenters. The first kappa shape index (κ1) is 18.5. The molecule has 1 N–H and O–H groups in total. The standard InChI is InChI=1S/C20H19ClN2O2S/c1-14-18(13-15-5-3-2-4-6-15)19(24)23-20(22-14)26-12-11-25-17-9-7-16(21)8-10-17/h2-10H,11-13H2,1H3,(H,22,23,24). The van der Waals surface area contributed by atoms with Crippen molar-refractivity contribution in [2.75, 3.05) is 12.4 Å². The quantitative estimate of drug-likeness (QED) is 0.369. The SMILES string of the molecule is Cc1nc(SCCOc2ccc(Cl)cc2)[nH]c(=O)c1Cc1ccccc1. The first-order valence-electron chi connectivity index (χ1n) is 8.27. The van der Waals surface area contributed by atoms with Crippen LogP contribution in [0.5, 0.6) is 5.75 Å². The number of benzene rings is 2. The number of rotatable bonds is 7. The van der Waals surface area contributed by atoms with Gasteiger partial charge in [0, 0.05) is 28.5 Å². The van der Waals surface area contributed by atoms with Gasteiger partial charge in [-0.2, -0.15) is 0 Å². The molecular weight excluding hydrogens is 368 g/mol. The van der Waals surface area contributed by atoms with Gasteiger partial charge < -0.3 is 9.72 Å². The number of H-pyrrole nitrogens is 1. The van der Waals surface area contributed by atoms with Gasteiger partial charge in [-0.25, -0.2) is 4.98 Å². The van der Waals surface area contributed by atoms with Gasteiger partial charge in [0.1, 0.15) is 5.75 Å². The van der Waals surface area contributed by atoms with Gasteiger partial charge in [-0.15, -0.1) is 0 Å². The lowest BCUT2D eigenvalue weighted by atomic mass is 10.1. The van der Waals surface area contributed by atoms with E-state index in [0.717, 1.165) is 17.0 Å². The number of aryl methyl sites for hydroxylation is 1. The van der Waals surface area contributed by atoms with Gasteiger partial charge in [0.05, 0.1) is 6.61 Å². The number of hydrogen-bond donors (Lipinski definition) is 1. The Bertz CT molecular complexity index is 911. The van der Waals surface area contributed by atoms with Crippen LogP contribution in [0.15, 0.2) is 64.5 Å². The van der Waals surface area contributed by atoms with Gasteiger partial charge in [0.25, 0.3) is 5.56 Å². The van der Waals surface area contributed by atoms with Crippen LogP contribution in [-0.2, 0) is 6.42 Å². The first-order valence-corrected chi connectivity index (χ1v) is 9.63. The number of thioether (sulfide) groups is 1. The van der Waals surface area contributed by atoms with Crippen molar-refractivity contribution in [3.05, 3.63) is 86.8 Å². The molecule has 0 bridgehead atoms. The Balaban J connectivity index is 1.57.